The van der Waals surface area contributed by atoms with Crippen molar-refractivity contribution in [1.29, 1.82) is 0 Å². The molecule has 1 saturated carbocycles. The molecule has 0 atom stereocenters. The largest absolute Gasteiger partial charge is 0.490 e. The van der Waals surface area contributed by atoms with Gasteiger partial charge in [0, 0.05) is 12.1 Å². The number of hydrogen-bond acceptors (Lipinski definition) is 5. The van der Waals surface area contributed by atoms with E-state index in [0.717, 1.165) is 25.7 Å². The summed E-state index contributed by atoms with van der Waals surface area (Å²) in [5.74, 6) is 0.568. The Balaban J connectivity index is 1.83. The van der Waals surface area contributed by atoms with Gasteiger partial charge in [0.2, 0.25) is 0 Å². The summed E-state index contributed by atoms with van der Waals surface area (Å²) in [6.45, 7) is 4.47. The standard InChI is InChI=1S/C23H30N2O5S/c1-3-29-21-15-14-18(16-22(21)30-4-2)31(27,28)25-20-13-9-8-12-19(20)23(26)24-17-10-6-5-7-11-17/h8-9,12-17,25H,3-7,10-11H2,1-2H3,(H,24,26). The maximum atomic E-state index is 13.1. The predicted molar refractivity (Wildman–Crippen MR) is 120 cm³/mol. The third kappa shape index (κ3) is 5.91. The minimum Gasteiger partial charge on any atom is -0.490 e. The van der Waals surface area contributed by atoms with Crippen LogP contribution in [0.3, 0.4) is 0 Å². The number of hydrogen-bond donors (Lipinski definition) is 2. The molecule has 0 spiro atoms. The Kier molecular flexibility index (Phi) is 7.79. The summed E-state index contributed by atoms with van der Waals surface area (Å²) in [4.78, 5) is 12.9. The van der Waals surface area contributed by atoms with Crippen LogP contribution in [0.25, 0.3) is 0 Å². The zero-order valence-electron chi connectivity index (χ0n) is 18.0. The molecule has 0 heterocycles. The number of amides is 1. The van der Waals surface area contributed by atoms with E-state index in [0.29, 0.717) is 30.3 Å². The van der Waals surface area contributed by atoms with Crippen LogP contribution in [-0.4, -0.2) is 33.6 Å². The second-order valence-electron chi connectivity index (χ2n) is 7.43. The van der Waals surface area contributed by atoms with Crippen molar-refractivity contribution >= 4 is 21.6 Å². The van der Waals surface area contributed by atoms with Gasteiger partial charge in [-0.2, -0.15) is 0 Å². The first kappa shape index (κ1) is 22.9. The molecule has 0 aromatic heterocycles. The molecule has 0 bridgehead atoms. The minimum atomic E-state index is -3.94. The summed E-state index contributed by atoms with van der Waals surface area (Å²) in [5, 5.41) is 3.04. The summed E-state index contributed by atoms with van der Waals surface area (Å²) >= 11 is 0. The van der Waals surface area contributed by atoms with Gasteiger partial charge in [-0.15, -0.1) is 0 Å². The Labute approximate surface area is 184 Å². The number of benzene rings is 2. The van der Waals surface area contributed by atoms with Crippen LogP contribution in [0.5, 0.6) is 11.5 Å². The molecule has 0 saturated heterocycles. The number of carbonyl (C=O) groups excluding carboxylic acids is 1. The fourth-order valence-corrected chi connectivity index (χ4v) is 4.78. The number of sulfonamides is 1. The highest BCUT2D eigenvalue weighted by molar-refractivity contribution is 7.92. The first-order valence-electron chi connectivity index (χ1n) is 10.8. The molecule has 2 N–H and O–H groups in total. The lowest BCUT2D eigenvalue weighted by Crippen LogP contribution is -2.36. The van der Waals surface area contributed by atoms with Crippen molar-refractivity contribution < 1.29 is 22.7 Å². The highest BCUT2D eigenvalue weighted by Crippen LogP contribution is 2.31. The van der Waals surface area contributed by atoms with Gasteiger partial charge in [-0.3, -0.25) is 9.52 Å². The van der Waals surface area contributed by atoms with Crippen molar-refractivity contribution in [3.05, 3.63) is 48.0 Å². The molecule has 7 nitrogen and oxygen atoms in total. The van der Waals surface area contributed by atoms with Crippen LogP contribution in [0.15, 0.2) is 47.4 Å². The number of nitrogens with one attached hydrogen (secondary N) is 2. The van der Waals surface area contributed by atoms with Gasteiger partial charge in [0.05, 0.1) is 29.4 Å². The molecule has 1 amide bonds. The molecule has 8 heteroatoms. The highest BCUT2D eigenvalue weighted by atomic mass is 32.2. The molecule has 1 aliphatic rings. The maximum absolute atomic E-state index is 13.1. The Morgan fingerprint density at radius 3 is 2.35 bits per heavy atom. The molecule has 0 aliphatic heterocycles. The van der Waals surface area contributed by atoms with Crippen LogP contribution in [0, 0.1) is 0 Å². The molecule has 1 fully saturated rings. The number of carbonyl (C=O) groups is 1. The van der Waals surface area contributed by atoms with Crippen molar-refractivity contribution in [3.63, 3.8) is 0 Å². The van der Waals surface area contributed by atoms with Crippen LogP contribution < -0.4 is 19.5 Å². The van der Waals surface area contributed by atoms with Crippen molar-refractivity contribution in [2.24, 2.45) is 0 Å². The topological polar surface area (TPSA) is 93.7 Å². The fourth-order valence-electron chi connectivity index (χ4n) is 3.68. The molecule has 0 radical (unpaired) electrons. The van der Waals surface area contributed by atoms with Crippen molar-refractivity contribution in [2.75, 3.05) is 17.9 Å². The van der Waals surface area contributed by atoms with Crippen LogP contribution in [0.4, 0.5) is 5.69 Å². The highest BCUT2D eigenvalue weighted by Gasteiger charge is 2.22. The average Bonchev–Trinajstić information content (AvgIpc) is 2.76. The first-order valence-corrected chi connectivity index (χ1v) is 12.2. The van der Waals surface area contributed by atoms with Crippen LogP contribution in [-0.2, 0) is 10.0 Å². The van der Waals surface area contributed by atoms with Gasteiger partial charge < -0.3 is 14.8 Å². The van der Waals surface area contributed by atoms with Gasteiger partial charge in [0.15, 0.2) is 11.5 Å². The molecule has 2 aromatic carbocycles. The zero-order chi connectivity index (χ0) is 22.3. The zero-order valence-corrected chi connectivity index (χ0v) is 18.8. The molecular formula is C23H30N2O5S. The van der Waals surface area contributed by atoms with Crippen LogP contribution in [0.2, 0.25) is 0 Å². The molecule has 31 heavy (non-hydrogen) atoms. The predicted octanol–water partition coefficient (Wildman–Crippen LogP) is 4.35. The second-order valence-corrected chi connectivity index (χ2v) is 9.12. The van der Waals surface area contributed by atoms with E-state index in [2.05, 4.69) is 10.0 Å². The number of ether oxygens (including phenoxy) is 2. The number of anilines is 1. The van der Waals surface area contributed by atoms with Crippen LogP contribution >= 0.6 is 0 Å². The summed E-state index contributed by atoms with van der Waals surface area (Å²) in [6, 6.07) is 11.2. The van der Waals surface area contributed by atoms with Crippen LogP contribution in [0.1, 0.15) is 56.3 Å². The quantitative estimate of drug-likeness (QED) is 0.597. The van der Waals surface area contributed by atoms with Crippen molar-refractivity contribution in [3.8, 4) is 11.5 Å². The third-order valence-corrected chi connectivity index (χ3v) is 6.54. The maximum Gasteiger partial charge on any atom is 0.262 e. The number of para-hydroxylation sites is 1. The van der Waals surface area contributed by atoms with Gasteiger partial charge in [-0.05, 0) is 51.0 Å². The van der Waals surface area contributed by atoms with Gasteiger partial charge >= 0.3 is 0 Å². The SMILES string of the molecule is CCOc1ccc(S(=O)(=O)Nc2ccccc2C(=O)NC2CCCCC2)cc1OCC. The van der Waals surface area contributed by atoms with E-state index >= 15 is 0 Å². The van der Waals surface area contributed by atoms with Crippen molar-refractivity contribution in [2.45, 2.75) is 56.9 Å². The molecule has 3 rings (SSSR count). The monoisotopic (exact) mass is 446 g/mol. The van der Waals surface area contributed by atoms with Gasteiger partial charge in [0.25, 0.3) is 15.9 Å². The van der Waals surface area contributed by atoms with Crippen molar-refractivity contribution in [1.82, 2.24) is 5.32 Å². The second kappa shape index (κ2) is 10.5. The van der Waals surface area contributed by atoms with Gasteiger partial charge in [-0.1, -0.05) is 31.4 Å². The Bertz CT molecular complexity index is 1000. The molecule has 1 aliphatic carbocycles. The summed E-state index contributed by atoms with van der Waals surface area (Å²) in [7, 11) is -3.94. The van der Waals surface area contributed by atoms with E-state index in [-0.39, 0.29) is 22.5 Å². The van der Waals surface area contributed by atoms with E-state index in [4.69, 9.17) is 9.47 Å². The van der Waals surface area contributed by atoms with E-state index in [1.807, 2.05) is 13.8 Å². The minimum absolute atomic E-state index is 0.0295. The Hall–Kier alpha value is -2.74. The lowest BCUT2D eigenvalue weighted by molar-refractivity contribution is 0.0928. The molecule has 2 aromatic rings. The molecule has 0 unspecified atom stereocenters. The normalized spacial score (nSPS) is 14.6. The van der Waals surface area contributed by atoms with E-state index in [9.17, 15) is 13.2 Å². The van der Waals surface area contributed by atoms with E-state index in [1.54, 1.807) is 30.3 Å². The number of rotatable bonds is 9. The molecular weight excluding hydrogens is 416 g/mol. The fraction of sp³-hybridized carbons (Fsp3) is 0.435. The lowest BCUT2D eigenvalue weighted by Gasteiger charge is -2.23. The smallest absolute Gasteiger partial charge is 0.262 e. The molecule has 168 valence electrons. The van der Waals surface area contributed by atoms with Gasteiger partial charge in [0.1, 0.15) is 0 Å². The van der Waals surface area contributed by atoms with E-state index < -0.39 is 10.0 Å². The Morgan fingerprint density at radius 1 is 0.968 bits per heavy atom. The first-order chi connectivity index (χ1) is 14.9. The summed E-state index contributed by atoms with van der Waals surface area (Å²) in [5.41, 5.74) is 0.537. The third-order valence-electron chi connectivity index (χ3n) is 5.18. The van der Waals surface area contributed by atoms with Gasteiger partial charge in [-0.25, -0.2) is 8.42 Å². The lowest BCUT2D eigenvalue weighted by atomic mass is 9.95. The summed E-state index contributed by atoms with van der Waals surface area (Å²) in [6.07, 6.45) is 5.28. The average molecular weight is 447 g/mol. The summed E-state index contributed by atoms with van der Waals surface area (Å²) < 4.78 is 39.7. The Morgan fingerprint density at radius 2 is 1.65 bits per heavy atom. The van der Waals surface area contributed by atoms with E-state index in [1.165, 1.54) is 18.6 Å².